The van der Waals surface area contributed by atoms with E-state index in [1.165, 1.54) is 0 Å². The number of amides is 1. The second kappa shape index (κ2) is 4.52. The van der Waals surface area contributed by atoms with E-state index in [1.54, 1.807) is 29.3 Å². The number of nitriles is 1. The smallest absolute Gasteiger partial charge is 0.256 e. The van der Waals surface area contributed by atoms with E-state index in [9.17, 15) is 4.79 Å². The Morgan fingerprint density at radius 3 is 2.95 bits per heavy atom. The first-order valence-electron chi connectivity index (χ1n) is 5.93. The second-order valence-corrected chi connectivity index (χ2v) is 4.94. The third-order valence-corrected chi connectivity index (χ3v) is 3.61. The molecule has 1 aromatic carbocycles. The molecular formula is C14H10ClN3O. The number of aromatic nitrogens is 1. The lowest BCUT2D eigenvalue weighted by Crippen LogP contribution is -2.49. The fourth-order valence-electron chi connectivity index (χ4n) is 2.23. The van der Waals surface area contributed by atoms with Crippen molar-refractivity contribution < 1.29 is 4.79 Å². The summed E-state index contributed by atoms with van der Waals surface area (Å²) in [7, 11) is 0. The van der Waals surface area contributed by atoms with Gasteiger partial charge in [-0.1, -0.05) is 17.7 Å². The first kappa shape index (κ1) is 11.9. The van der Waals surface area contributed by atoms with Gasteiger partial charge in [0.1, 0.15) is 0 Å². The highest BCUT2D eigenvalue weighted by Crippen LogP contribution is 2.28. The Morgan fingerprint density at radius 2 is 2.21 bits per heavy atom. The Kier molecular flexibility index (Phi) is 2.84. The minimum Gasteiger partial charge on any atom is -0.336 e. The summed E-state index contributed by atoms with van der Waals surface area (Å²) in [6.07, 6.45) is 1.68. The standard InChI is InChI=1S/C14H10ClN3O/c15-11-3-4-12-10(2-1-5-17-12)13(11)14(19)18-7-9(6-16)8-18/h1-5,9H,7-8H2. The summed E-state index contributed by atoms with van der Waals surface area (Å²) in [5.41, 5.74) is 1.22. The number of carbonyl (C=O) groups excluding carboxylic acids is 1. The van der Waals surface area contributed by atoms with Crippen LogP contribution in [0.5, 0.6) is 0 Å². The van der Waals surface area contributed by atoms with Gasteiger partial charge in [0.2, 0.25) is 0 Å². The number of nitrogens with zero attached hydrogens (tertiary/aromatic N) is 3. The van der Waals surface area contributed by atoms with Gasteiger partial charge in [0.15, 0.2) is 0 Å². The molecule has 0 radical (unpaired) electrons. The summed E-state index contributed by atoms with van der Waals surface area (Å²) in [5, 5.41) is 9.93. The maximum atomic E-state index is 12.4. The predicted molar refractivity (Wildman–Crippen MR) is 71.8 cm³/mol. The van der Waals surface area contributed by atoms with Crippen LogP contribution in [0.25, 0.3) is 10.9 Å². The zero-order chi connectivity index (χ0) is 13.4. The molecule has 0 spiro atoms. The first-order chi connectivity index (χ1) is 9.20. The zero-order valence-corrected chi connectivity index (χ0v) is 10.8. The predicted octanol–water partition coefficient (Wildman–Crippen LogP) is 2.48. The molecule has 1 aliphatic rings. The van der Waals surface area contributed by atoms with Crippen molar-refractivity contribution in [1.82, 2.24) is 9.88 Å². The number of hydrogen-bond acceptors (Lipinski definition) is 3. The van der Waals surface area contributed by atoms with E-state index in [0.29, 0.717) is 23.7 Å². The van der Waals surface area contributed by atoms with E-state index in [1.807, 2.05) is 6.07 Å². The molecule has 0 unspecified atom stereocenters. The quantitative estimate of drug-likeness (QED) is 0.801. The van der Waals surface area contributed by atoms with Gasteiger partial charge in [0, 0.05) is 24.7 Å². The first-order valence-corrected chi connectivity index (χ1v) is 6.30. The van der Waals surface area contributed by atoms with Gasteiger partial charge in [-0.05, 0) is 18.2 Å². The summed E-state index contributed by atoms with van der Waals surface area (Å²) >= 11 is 6.15. The number of likely N-dealkylation sites (tertiary alicyclic amines) is 1. The normalized spacial score (nSPS) is 15.1. The Hall–Kier alpha value is -2.12. The van der Waals surface area contributed by atoms with Crippen molar-refractivity contribution >= 4 is 28.4 Å². The van der Waals surface area contributed by atoms with Crippen LogP contribution < -0.4 is 0 Å². The lowest BCUT2D eigenvalue weighted by atomic mass is 9.99. The Labute approximate surface area is 115 Å². The highest BCUT2D eigenvalue weighted by molar-refractivity contribution is 6.35. The van der Waals surface area contributed by atoms with E-state index >= 15 is 0 Å². The van der Waals surface area contributed by atoms with Crippen molar-refractivity contribution in [3.63, 3.8) is 0 Å². The number of pyridine rings is 1. The topological polar surface area (TPSA) is 57.0 Å². The molecule has 1 aliphatic heterocycles. The van der Waals surface area contributed by atoms with Crippen LogP contribution in [-0.4, -0.2) is 28.9 Å². The van der Waals surface area contributed by atoms with E-state index in [-0.39, 0.29) is 11.8 Å². The minimum atomic E-state index is -0.130. The van der Waals surface area contributed by atoms with Crippen LogP contribution in [0.2, 0.25) is 5.02 Å². The fourth-order valence-corrected chi connectivity index (χ4v) is 2.47. The molecule has 0 saturated carbocycles. The van der Waals surface area contributed by atoms with E-state index in [2.05, 4.69) is 11.1 Å². The van der Waals surface area contributed by atoms with Crippen LogP contribution in [0.4, 0.5) is 0 Å². The summed E-state index contributed by atoms with van der Waals surface area (Å²) < 4.78 is 0. The molecule has 94 valence electrons. The maximum absolute atomic E-state index is 12.4. The van der Waals surface area contributed by atoms with E-state index in [0.717, 1.165) is 10.9 Å². The van der Waals surface area contributed by atoms with Gasteiger partial charge in [-0.15, -0.1) is 0 Å². The second-order valence-electron chi connectivity index (χ2n) is 4.53. The third kappa shape index (κ3) is 1.92. The third-order valence-electron chi connectivity index (χ3n) is 3.30. The van der Waals surface area contributed by atoms with Crippen molar-refractivity contribution in [2.24, 2.45) is 5.92 Å². The monoisotopic (exact) mass is 271 g/mol. The number of halogens is 1. The average Bonchev–Trinajstić information content (AvgIpc) is 2.37. The lowest BCUT2D eigenvalue weighted by Gasteiger charge is -2.35. The Bertz CT molecular complexity index is 701. The van der Waals surface area contributed by atoms with Crippen LogP contribution in [-0.2, 0) is 0 Å². The molecule has 5 heteroatoms. The van der Waals surface area contributed by atoms with Gasteiger partial charge in [-0.3, -0.25) is 9.78 Å². The van der Waals surface area contributed by atoms with E-state index in [4.69, 9.17) is 16.9 Å². The number of rotatable bonds is 1. The van der Waals surface area contributed by atoms with Crippen molar-refractivity contribution in [2.45, 2.75) is 0 Å². The van der Waals surface area contributed by atoms with Crippen LogP contribution in [0.15, 0.2) is 30.5 Å². The zero-order valence-electron chi connectivity index (χ0n) is 10.0. The van der Waals surface area contributed by atoms with Crippen molar-refractivity contribution in [2.75, 3.05) is 13.1 Å². The van der Waals surface area contributed by atoms with Gasteiger partial charge in [0.25, 0.3) is 5.91 Å². The van der Waals surface area contributed by atoms with Crippen LogP contribution in [0, 0.1) is 17.2 Å². The molecule has 0 aliphatic carbocycles. The van der Waals surface area contributed by atoms with E-state index < -0.39 is 0 Å². The molecule has 0 N–H and O–H groups in total. The molecule has 2 heterocycles. The SMILES string of the molecule is N#CC1CN(C(=O)c2c(Cl)ccc3ncccc23)C1. The highest BCUT2D eigenvalue weighted by Gasteiger charge is 2.32. The summed E-state index contributed by atoms with van der Waals surface area (Å²) in [5.74, 6) is -0.189. The van der Waals surface area contributed by atoms with Crippen LogP contribution in [0.1, 0.15) is 10.4 Å². The van der Waals surface area contributed by atoms with Crippen molar-refractivity contribution in [1.29, 1.82) is 5.26 Å². The Balaban J connectivity index is 2.03. The van der Waals surface area contributed by atoms with Crippen LogP contribution >= 0.6 is 11.6 Å². The number of carbonyl (C=O) groups is 1. The summed E-state index contributed by atoms with van der Waals surface area (Å²) in [4.78, 5) is 18.3. The molecule has 0 bridgehead atoms. The molecule has 0 atom stereocenters. The summed E-state index contributed by atoms with van der Waals surface area (Å²) in [6, 6.07) is 9.25. The molecule has 2 aromatic rings. The highest BCUT2D eigenvalue weighted by atomic mass is 35.5. The molecule has 1 saturated heterocycles. The maximum Gasteiger partial charge on any atom is 0.256 e. The minimum absolute atomic E-state index is 0.0594. The molecule has 19 heavy (non-hydrogen) atoms. The van der Waals surface area contributed by atoms with Crippen molar-refractivity contribution in [3.8, 4) is 6.07 Å². The fraction of sp³-hybridized carbons (Fsp3) is 0.214. The average molecular weight is 272 g/mol. The Morgan fingerprint density at radius 1 is 1.42 bits per heavy atom. The number of benzene rings is 1. The summed E-state index contributed by atoms with van der Waals surface area (Å²) in [6.45, 7) is 0.949. The number of fused-ring (bicyclic) bond motifs is 1. The van der Waals surface area contributed by atoms with Gasteiger partial charge >= 0.3 is 0 Å². The van der Waals surface area contributed by atoms with Gasteiger partial charge in [-0.25, -0.2) is 0 Å². The molecule has 1 fully saturated rings. The molecule has 4 nitrogen and oxygen atoms in total. The van der Waals surface area contributed by atoms with Gasteiger partial charge < -0.3 is 4.90 Å². The molecular weight excluding hydrogens is 262 g/mol. The van der Waals surface area contributed by atoms with Gasteiger partial charge in [0.05, 0.1) is 28.1 Å². The van der Waals surface area contributed by atoms with Crippen molar-refractivity contribution in [3.05, 3.63) is 41.0 Å². The number of hydrogen-bond donors (Lipinski definition) is 0. The molecule has 3 rings (SSSR count). The largest absolute Gasteiger partial charge is 0.336 e. The molecule has 1 amide bonds. The van der Waals surface area contributed by atoms with Gasteiger partial charge in [-0.2, -0.15) is 5.26 Å². The lowest BCUT2D eigenvalue weighted by molar-refractivity contribution is 0.0579. The molecule has 1 aromatic heterocycles. The van der Waals surface area contributed by atoms with Crippen LogP contribution in [0.3, 0.4) is 0 Å².